The molecule has 0 saturated carbocycles. The first-order valence-corrected chi connectivity index (χ1v) is 11.2. The number of halogens is 2. The van der Waals surface area contributed by atoms with Gasteiger partial charge in [-0.25, -0.2) is 0 Å². The predicted molar refractivity (Wildman–Crippen MR) is 73.8 cm³/mol. The van der Waals surface area contributed by atoms with Crippen molar-refractivity contribution < 1.29 is 4.57 Å². The van der Waals surface area contributed by atoms with Gasteiger partial charge in [0, 0.05) is 49.2 Å². The van der Waals surface area contributed by atoms with Crippen LogP contribution in [0.2, 0.25) is 0 Å². The fraction of sp³-hybridized carbons (Fsp3) is 1.00. The van der Waals surface area contributed by atoms with Gasteiger partial charge in [-0.05, 0) is 11.8 Å². The van der Waals surface area contributed by atoms with Gasteiger partial charge in [0.05, 0.1) is 0 Å². The van der Waals surface area contributed by atoms with Crippen molar-refractivity contribution in [3.05, 3.63) is 0 Å². The Labute approximate surface area is 102 Å². The van der Waals surface area contributed by atoms with Crippen LogP contribution >= 0.6 is 46.5 Å². The Bertz CT molecular complexity index is 200. The van der Waals surface area contributed by atoms with E-state index in [-0.39, 0.29) is 10.6 Å². The van der Waals surface area contributed by atoms with Crippen molar-refractivity contribution in [1.29, 1.82) is 0 Å². The average molecular weight is 414 g/mol. The van der Waals surface area contributed by atoms with Crippen LogP contribution in [0, 0.1) is 5.41 Å². The van der Waals surface area contributed by atoms with Crippen LogP contribution in [0.4, 0.5) is 0 Å². The second kappa shape index (κ2) is 4.05. The maximum absolute atomic E-state index is 11.9. The Kier molecular flexibility index (Phi) is 4.62. The van der Waals surface area contributed by atoms with E-state index in [4.69, 9.17) is 0 Å². The van der Waals surface area contributed by atoms with Gasteiger partial charge in [-0.1, -0.05) is 34.6 Å². The molecule has 0 amide bonds. The molecule has 0 fully saturated rings. The molecule has 0 bridgehead atoms. The van der Waals surface area contributed by atoms with Crippen molar-refractivity contribution in [2.45, 2.75) is 46.2 Å². The molecule has 0 aromatic heterocycles. The van der Waals surface area contributed by atoms with Crippen LogP contribution in [0.1, 0.15) is 41.0 Å². The molecule has 0 N–H and O–H groups in total. The monoisotopic (exact) mass is 414 g/mol. The van der Waals surface area contributed by atoms with Crippen molar-refractivity contribution in [2.24, 2.45) is 5.41 Å². The first kappa shape index (κ1) is 13.7. The summed E-state index contributed by atoms with van der Waals surface area (Å²) >= 11 is 4.20. The standard InChI is InChI=1S/C8H17I2OP/c1-7(2,3)6-8(4,5)12(9,10)11/h6H2,1-5H3. The van der Waals surface area contributed by atoms with E-state index in [0.717, 1.165) is 6.42 Å². The van der Waals surface area contributed by atoms with Crippen LogP contribution in [-0.2, 0) is 4.57 Å². The van der Waals surface area contributed by atoms with Crippen molar-refractivity contribution in [2.75, 3.05) is 0 Å². The van der Waals surface area contributed by atoms with Gasteiger partial charge in [-0.2, -0.15) is 0 Å². The van der Waals surface area contributed by atoms with Gasteiger partial charge < -0.3 is 4.57 Å². The van der Waals surface area contributed by atoms with Gasteiger partial charge in [0.15, 0.2) is 0 Å². The smallest absolute Gasteiger partial charge is 0.203 e. The molecular weight excluding hydrogens is 397 g/mol. The third-order valence-corrected chi connectivity index (χ3v) is 11.1. The van der Waals surface area contributed by atoms with E-state index in [0.29, 0.717) is 0 Å². The van der Waals surface area contributed by atoms with Gasteiger partial charge in [0.1, 0.15) is 0 Å². The molecule has 4 heteroatoms. The van der Waals surface area contributed by atoms with E-state index in [1.54, 1.807) is 0 Å². The van der Waals surface area contributed by atoms with E-state index in [2.05, 4.69) is 78.7 Å². The minimum atomic E-state index is -2.03. The summed E-state index contributed by atoms with van der Waals surface area (Å²) in [6.07, 6.45) is 1.00. The minimum Gasteiger partial charge on any atom is -0.301 e. The Morgan fingerprint density at radius 3 is 1.50 bits per heavy atom. The Morgan fingerprint density at radius 1 is 1.08 bits per heavy atom. The molecule has 0 aliphatic carbocycles. The van der Waals surface area contributed by atoms with E-state index >= 15 is 0 Å². The molecule has 0 aromatic rings. The van der Waals surface area contributed by atoms with Crippen molar-refractivity contribution >= 4 is 46.5 Å². The zero-order valence-electron chi connectivity index (χ0n) is 8.32. The predicted octanol–water partition coefficient (Wildman–Crippen LogP) is 5.26. The van der Waals surface area contributed by atoms with E-state index in [1.165, 1.54) is 0 Å². The fourth-order valence-corrected chi connectivity index (χ4v) is 3.07. The lowest BCUT2D eigenvalue weighted by Crippen LogP contribution is -2.23. The largest absolute Gasteiger partial charge is 0.301 e. The topological polar surface area (TPSA) is 17.1 Å². The van der Waals surface area contributed by atoms with Crippen LogP contribution in [-0.4, -0.2) is 5.16 Å². The molecule has 0 radical (unpaired) electrons. The summed E-state index contributed by atoms with van der Waals surface area (Å²) in [5.74, 6) is 0. The van der Waals surface area contributed by atoms with Crippen LogP contribution < -0.4 is 0 Å². The highest BCUT2D eigenvalue weighted by Gasteiger charge is 2.38. The summed E-state index contributed by atoms with van der Waals surface area (Å²) in [5, 5.41) is -0.0492. The van der Waals surface area contributed by atoms with Gasteiger partial charge in [-0.15, -0.1) is 0 Å². The SMILES string of the molecule is CC(C)(C)CC(C)(C)P(=O)(I)I. The molecule has 74 valence electrons. The highest BCUT2D eigenvalue weighted by molar-refractivity contribution is 14.3. The van der Waals surface area contributed by atoms with Gasteiger partial charge >= 0.3 is 0 Å². The van der Waals surface area contributed by atoms with Crippen LogP contribution in [0.5, 0.6) is 0 Å². The summed E-state index contributed by atoms with van der Waals surface area (Å²) in [6.45, 7) is 10.8. The highest BCUT2D eigenvalue weighted by Crippen LogP contribution is 2.73. The molecule has 12 heavy (non-hydrogen) atoms. The lowest BCUT2D eigenvalue weighted by atomic mass is 9.86. The zero-order chi connectivity index (χ0) is 10.2. The summed E-state index contributed by atoms with van der Waals surface area (Å²) in [4.78, 5) is 0. The Balaban J connectivity index is 4.56. The number of hydrogen-bond acceptors (Lipinski definition) is 1. The summed E-state index contributed by atoms with van der Waals surface area (Å²) in [6, 6.07) is 0. The second-order valence-corrected chi connectivity index (χ2v) is 20.8. The maximum atomic E-state index is 11.9. The molecule has 0 unspecified atom stereocenters. The summed E-state index contributed by atoms with van der Waals surface area (Å²) in [5.41, 5.74) is 0.259. The van der Waals surface area contributed by atoms with Crippen LogP contribution in [0.25, 0.3) is 0 Å². The number of rotatable bonds is 2. The molecule has 0 aromatic carbocycles. The first-order chi connectivity index (χ1) is 4.96. The third kappa shape index (κ3) is 4.80. The molecule has 0 aliphatic heterocycles. The molecule has 0 spiro atoms. The summed E-state index contributed by atoms with van der Waals surface area (Å²) < 4.78 is 9.86. The van der Waals surface area contributed by atoms with Gasteiger partial charge in [0.25, 0.3) is 0 Å². The fourth-order valence-electron chi connectivity index (χ4n) is 1.39. The molecule has 1 nitrogen and oxygen atoms in total. The van der Waals surface area contributed by atoms with Crippen molar-refractivity contribution in [1.82, 2.24) is 0 Å². The molecule has 0 rings (SSSR count). The first-order valence-electron chi connectivity index (χ1n) is 3.95. The lowest BCUT2D eigenvalue weighted by Gasteiger charge is -2.33. The number of hydrogen-bond donors (Lipinski definition) is 0. The normalized spacial score (nSPS) is 14.9. The highest BCUT2D eigenvalue weighted by atomic mass is 127. The Morgan fingerprint density at radius 2 is 1.42 bits per heavy atom. The Hall–Kier alpha value is 1.69. The third-order valence-electron chi connectivity index (χ3n) is 1.67. The van der Waals surface area contributed by atoms with Crippen LogP contribution in [0.3, 0.4) is 0 Å². The summed E-state index contributed by atoms with van der Waals surface area (Å²) in [7, 11) is 0. The molecule has 0 atom stereocenters. The van der Waals surface area contributed by atoms with Crippen LogP contribution in [0.15, 0.2) is 0 Å². The molecule has 0 saturated heterocycles. The van der Waals surface area contributed by atoms with Gasteiger partial charge in [-0.3, -0.25) is 0 Å². The quantitative estimate of drug-likeness (QED) is 0.445. The second-order valence-electron chi connectivity index (χ2n) is 5.01. The zero-order valence-corrected chi connectivity index (χ0v) is 13.5. The van der Waals surface area contributed by atoms with Crippen molar-refractivity contribution in [3.8, 4) is 0 Å². The molecule has 0 aliphatic rings. The lowest BCUT2D eigenvalue weighted by molar-refractivity contribution is 0.333. The maximum Gasteiger partial charge on any atom is 0.203 e. The van der Waals surface area contributed by atoms with Gasteiger partial charge in [0.2, 0.25) is 2.43 Å². The molecule has 0 heterocycles. The average Bonchev–Trinajstić information content (AvgIpc) is 1.52. The molecular formula is C8H17I2OP. The van der Waals surface area contributed by atoms with Crippen molar-refractivity contribution in [3.63, 3.8) is 0 Å². The van der Waals surface area contributed by atoms with E-state index in [9.17, 15) is 4.57 Å². The minimum absolute atomic E-state index is 0.0492. The van der Waals surface area contributed by atoms with E-state index < -0.39 is 2.43 Å². The van der Waals surface area contributed by atoms with E-state index in [1.807, 2.05) is 0 Å².